The van der Waals surface area contributed by atoms with E-state index in [9.17, 15) is 18.0 Å². The van der Waals surface area contributed by atoms with Gasteiger partial charge in [0.1, 0.15) is 0 Å². The van der Waals surface area contributed by atoms with Crippen LogP contribution in [0, 0.1) is 0 Å². The van der Waals surface area contributed by atoms with E-state index in [2.05, 4.69) is 9.97 Å². The highest BCUT2D eigenvalue weighted by Gasteiger charge is 2.35. The van der Waals surface area contributed by atoms with Crippen molar-refractivity contribution in [2.24, 2.45) is 0 Å². The van der Waals surface area contributed by atoms with Crippen LogP contribution >= 0.6 is 11.3 Å². The summed E-state index contributed by atoms with van der Waals surface area (Å²) in [6.07, 6.45) is -1.99. The number of alkyl halides is 3. The molecular formula is C14H7F3N2OS. The number of halogens is 3. The lowest BCUT2D eigenvalue weighted by atomic mass is 10.0. The Kier molecular flexibility index (Phi) is 3.21. The van der Waals surface area contributed by atoms with Gasteiger partial charge in [-0.25, -0.2) is 4.98 Å². The molecule has 3 rings (SSSR count). The van der Waals surface area contributed by atoms with E-state index in [4.69, 9.17) is 0 Å². The molecule has 1 aromatic carbocycles. The molecular weight excluding hydrogens is 301 g/mol. The van der Waals surface area contributed by atoms with Crippen LogP contribution in [0.2, 0.25) is 0 Å². The third kappa shape index (κ3) is 2.52. The summed E-state index contributed by atoms with van der Waals surface area (Å²) >= 11 is 0.345. The zero-order chi connectivity index (χ0) is 15.0. The molecule has 0 atom stereocenters. The van der Waals surface area contributed by atoms with Gasteiger partial charge >= 0.3 is 6.18 Å². The van der Waals surface area contributed by atoms with Gasteiger partial charge in [-0.15, -0.1) is 11.3 Å². The lowest BCUT2D eigenvalue weighted by Crippen LogP contribution is -2.03. The van der Waals surface area contributed by atoms with E-state index in [-0.39, 0.29) is 4.88 Å². The first kappa shape index (κ1) is 13.7. The lowest BCUT2D eigenvalue weighted by Gasteiger charge is -2.03. The summed E-state index contributed by atoms with van der Waals surface area (Å²) in [5, 5.41) is -0.420. The standard InChI is InChI=1S/C14H7F3N2OS/c15-14(16,17)13-19-7-11(21-13)12(20)9-3-1-5-10-8(9)4-2-6-18-10/h1-7H. The second-order valence-corrected chi connectivity index (χ2v) is 5.26. The van der Waals surface area contributed by atoms with E-state index in [1.165, 1.54) is 0 Å². The number of benzene rings is 1. The maximum Gasteiger partial charge on any atom is 0.443 e. The van der Waals surface area contributed by atoms with Crippen molar-refractivity contribution in [1.82, 2.24) is 9.97 Å². The predicted molar refractivity (Wildman–Crippen MR) is 72.3 cm³/mol. The Labute approximate surface area is 121 Å². The van der Waals surface area contributed by atoms with E-state index in [1.807, 2.05) is 0 Å². The van der Waals surface area contributed by atoms with Gasteiger partial charge in [-0.2, -0.15) is 13.2 Å². The minimum absolute atomic E-state index is 0.0429. The highest BCUT2D eigenvalue weighted by molar-refractivity contribution is 7.14. The number of hydrogen-bond donors (Lipinski definition) is 0. The second-order valence-electron chi connectivity index (χ2n) is 4.23. The minimum atomic E-state index is -4.54. The Bertz CT molecular complexity index is 821. The van der Waals surface area contributed by atoms with Crippen molar-refractivity contribution in [2.45, 2.75) is 6.18 Å². The van der Waals surface area contributed by atoms with Gasteiger partial charge in [-0.3, -0.25) is 9.78 Å². The Hall–Kier alpha value is -2.28. The van der Waals surface area contributed by atoms with Gasteiger partial charge in [0, 0.05) is 23.3 Å². The van der Waals surface area contributed by atoms with Gasteiger partial charge in [0.05, 0.1) is 10.4 Å². The number of nitrogens with zero attached hydrogens (tertiary/aromatic N) is 2. The summed E-state index contributed by atoms with van der Waals surface area (Å²) in [6, 6.07) is 8.34. The largest absolute Gasteiger partial charge is 0.443 e. The maximum absolute atomic E-state index is 12.5. The van der Waals surface area contributed by atoms with E-state index in [1.54, 1.807) is 36.5 Å². The number of carbonyl (C=O) groups excluding carboxylic acids is 1. The Morgan fingerprint density at radius 1 is 1.10 bits per heavy atom. The number of thiazole rings is 1. The molecule has 0 aliphatic carbocycles. The van der Waals surface area contributed by atoms with E-state index < -0.39 is 17.0 Å². The van der Waals surface area contributed by atoms with Crippen molar-refractivity contribution in [3.63, 3.8) is 0 Å². The molecule has 0 amide bonds. The van der Waals surface area contributed by atoms with E-state index in [0.29, 0.717) is 27.8 Å². The van der Waals surface area contributed by atoms with Crippen LogP contribution in [0.3, 0.4) is 0 Å². The van der Waals surface area contributed by atoms with E-state index in [0.717, 1.165) is 6.20 Å². The van der Waals surface area contributed by atoms with Crippen molar-refractivity contribution in [2.75, 3.05) is 0 Å². The molecule has 0 radical (unpaired) electrons. The van der Waals surface area contributed by atoms with Gasteiger partial charge < -0.3 is 0 Å². The number of carbonyl (C=O) groups is 1. The van der Waals surface area contributed by atoms with Crippen molar-refractivity contribution < 1.29 is 18.0 Å². The summed E-state index contributed by atoms with van der Waals surface area (Å²) in [7, 11) is 0. The van der Waals surface area contributed by atoms with Crippen molar-refractivity contribution >= 4 is 28.0 Å². The van der Waals surface area contributed by atoms with E-state index >= 15 is 0 Å². The summed E-state index contributed by atoms with van der Waals surface area (Å²) in [4.78, 5) is 19.7. The van der Waals surface area contributed by atoms with Crippen LogP contribution < -0.4 is 0 Å². The molecule has 0 aliphatic heterocycles. The Morgan fingerprint density at radius 2 is 1.90 bits per heavy atom. The fraction of sp³-hybridized carbons (Fsp3) is 0.0714. The van der Waals surface area contributed by atoms with Crippen LogP contribution in [0.15, 0.2) is 42.7 Å². The zero-order valence-electron chi connectivity index (χ0n) is 10.4. The number of aromatic nitrogens is 2. The quantitative estimate of drug-likeness (QED) is 0.673. The fourth-order valence-electron chi connectivity index (χ4n) is 1.94. The molecule has 2 aromatic heterocycles. The molecule has 0 bridgehead atoms. The lowest BCUT2D eigenvalue weighted by molar-refractivity contribution is -0.137. The molecule has 0 saturated carbocycles. The number of pyridine rings is 1. The molecule has 21 heavy (non-hydrogen) atoms. The normalized spacial score (nSPS) is 11.8. The molecule has 3 aromatic rings. The molecule has 106 valence electrons. The van der Waals surface area contributed by atoms with Gasteiger partial charge in [-0.1, -0.05) is 18.2 Å². The Balaban J connectivity index is 2.07. The maximum atomic E-state index is 12.5. The third-order valence-electron chi connectivity index (χ3n) is 2.86. The molecule has 7 heteroatoms. The van der Waals surface area contributed by atoms with Gasteiger partial charge in [0.15, 0.2) is 5.01 Å². The molecule has 0 fully saturated rings. The van der Waals surface area contributed by atoms with Crippen LogP contribution in [0.25, 0.3) is 10.9 Å². The molecule has 3 nitrogen and oxygen atoms in total. The molecule has 2 heterocycles. The smallest absolute Gasteiger partial charge is 0.288 e. The Morgan fingerprint density at radius 3 is 2.62 bits per heavy atom. The first-order chi connectivity index (χ1) is 9.97. The summed E-state index contributed by atoms with van der Waals surface area (Å²) in [6.45, 7) is 0. The van der Waals surface area contributed by atoms with Crippen LogP contribution in [-0.2, 0) is 6.18 Å². The number of ketones is 1. The summed E-state index contributed by atoms with van der Waals surface area (Å²) in [5.74, 6) is -0.485. The van der Waals surface area contributed by atoms with Crippen molar-refractivity contribution in [3.8, 4) is 0 Å². The zero-order valence-corrected chi connectivity index (χ0v) is 11.2. The predicted octanol–water partition coefficient (Wildman–Crippen LogP) is 3.94. The van der Waals surface area contributed by atoms with Crippen LogP contribution in [0.5, 0.6) is 0 Å². The summed E-state index contributed by atoms with van der Waals surface area (Å²) < 4.78 is 37.6. The second kappa shape index (κ2) is 4.92. The number of hydrogen-bond acceptors (Lipinski definition) is 4. The highest BCUT2D eigenvalue weighted by atomic mass is 32.1. The van der Waals surface area contributed by atoms with Crippen molar-refractivity contribution in [1.29, 1.82) is 0 Å². The molecule has 0 aliphatic rings. The minimum Gasteiger partial charge on any atom is -0.288 e. The van der Waals surface area contributed by atoms with Crippen LogP contribution in [-0.4, -0.2) is 15.8 Å². The average Bonchev–Trinajstić information content (AvgIpc) is 2.96. The highest BCUT2D eigenvalue weighted by Crippen LogP contribution is 2.33. The monoisotopic (exact) mass is 308 g/mol. The van der Waals surface area contributed by atoms with Gasteiger partial charge in [0.25, 0.3) is 0 Å². The first-order valence-corrected chi connectivity index (χ1v) is 6.70. The van der Waals surface area contributed by atoms with Gasteiger partial charge in [0.2, 0.25) is 5.78 Å². The molecule has 0 saturated heterocycles. The topological polar surface area (TPSA) is 42.9 Å². The summed E-state index contributed by atoms with van der Waals surface area (Å²) in [5.41, 5.74) is 0.932. The SMILES string of the molecule is O=C(c1cnc(C(F)(F)F)s1)c1cccc2ncccc12. The van der Waals surface area contributed by atoms with Gasteiger partial charge in [-0.05, 0) is 12.1 Å². The fourth-order valence-corrected chi connectivity index (χ4v) is 2.68. The first-order valence-electron chi connectivity index (χ1n) is 5.88. The van der Waals surface area contributed by atoms with Crippen molar-refractivity contribution in [3.05, 3.63) is 58.2 Å². The molecule has 0 unspecified atom stereocenters. The molecule has 0 N–H and O–H groups in total. The number of fused-ring (bicyclic) bond motifs is 1. The average molecular weight is 308 g/mol. The third-order valence-corrected chi connectivity index (χ3v) is 3.90. The molecule has 0 spiro atoms. The van der Waals surface area contributed by atoms with Crippen LogP contribution in [0.1, 0.15) is 20.2 Å². The number of rotatable bonds is 2. The van der Waals surface area contributed by atoms with Crippen LogP contribution in [0.4, 0.5) is 13.2 Å².